The Labute approximate surface area is 160 Å². The Morgan fingerprint density at radius 1 is 1.21 bits per heavy atom. The third-order valence-electron chi connectivity index (χ3n) is 4.25. The summed E-state index contributed by atoms with van der Waals surface area (Å²) in [5, 5.41) is 2.67. The molecule has 0 saturated heterocycles. The lowest BCUT2D eigenvalue weighted by atomic mass is 10.0. The minimum absolute atomic E-state index is 0.194. The zero-order chi connectivity index (χ0) is 20.9. The van der Waals surface area contributed by atoms with Gasteiger partial charge in [0.2, 0.25) is 5.91 Å². The fourth-order valence-corrected chi connectivity index (χ4v) is 2.81. The Hall–Kier alpha value is -2.81. The first-order valence-corrected chi connectivity index (χ1v) is 8.47. The van der Waals surface area contributed by atoms with Gasteiger partial charge in [0.15, 0.2) is 0 Å². The lowest BCUT2D eigenvalue weighted by molar-refractivity contribution is -0.139. The van der Waals surface area contributed by atoms with E-state index in [1.165, 1.54) is 0 Å². The number of ether oxygens (including phenoxy) is 1. The average Bonchev–Trinajstić information content (AvgIpc) is 2.62. The molecule has 0 aliphatic rings. The number of halogens is 3. The number of aromatic nitrogens is 1. The highest BCUT2D eigenvalue weighted by Gasteiger charge is 2.34. The van der Waals surface area contributed by atoms with Crippen molar-refractivity contribution in [3.63, 3.8) is 0 Å². The number of rotatable bonds is 7. The van der Waals surface area contributed by atoms with Gasteiger partial charge in [-0.1, -0.05) is 18.2 Å². The molecule has 0 aliphatic heterocycles. The van der Waals surface area contributed by atoms with Crippen molar-refractivity contribution in [1.82, 2.24) is 14.8 Å². The zero-order valence-corrected chi connectivity index (χ0v) is 15.8. The van der Waals surface area contributed by atoms with Gasteiger partial charge in [0, 0.05) is 18.3 Å². The first-order chi connectivity index (χ1) is 13.1. The van der Waals surface area contributed by atoms with Crippen molar-refractivity contribution in [3.8, 4) is 5.75 Å². The smallest absolute Gasteiger partial charge is 0.421 e. The van der Waals surface area contributed by atoms with Crippen LogP contribution in [0.4, 0.5) is 13.2 Å². The Balaban J connectivity index is 2.12. The molecule has 0 radical (unpaired) electrons. The lowest BCUT2D eigenvalue weighted by Crippen LogP contribution is -2.38. The van der Waals surface area contributed by atoms with E-state index in [1.807, 2.05) is 37.2 Å². The third kappa shape index (κ3) is 5.13. The van der Waals surface area contributed by atoms with Crippen LogP contribution in [-0.2, 0) is 17.5 Å². The van der Waals surface area contributed by atoms with Crippen LogP contribution in [0.3, 0.4) is 0 Å². The summed E-state index contributed by atoms with van der Waals surface area (Å²) >= 11 is 0. The Morgan fingerprint density at radius 2 is 1.89 bits per heavy atom. The van der Waals surface area contributed by atoms with Gasteiger partial charge in [0.25, 0.3) is 5.56 Å². The van der Waals surface area contributed by atoms with Crippen LogP contribution in [0.25, 0.3) is 0 Å². The molecule has 0 saturated carbocycles. The van der Waals surface area contributed by atoms with Gasteiger partial charge in [-0.15, -0.1) is 0 Å². The molecule has 28 heavy (non-hydrogen) atoms. The van der Waals surface area contributed by atoms with E-state index in [1.54, 1.807) is 13.2 Å². The Bertz CT molecular complexity index is 878. The Morgan fingerprint density at radius 3 is 2.50 bits per heavy atom. The summed E-state index contributed by atoms with van der Waals surface area (Å²) in [6.07, 6.45) is -3.61. The number of para-hydroxylation sites is 1. The monoisotopic (exact) mass is 397 g/mol. The molecule has 0 fully saturated rings. The van der Waals surface area contributed by atoms with Gasteiger partial charge in [0.05, 0.1) is 13.2 Å². The second kappa shape index (κ2) is 8.92. The molecule has 1 aromatic heterocycles. The van der Waals surface area contributed by atoms with E-state index >= 15 is 0 Å². The third-order valence-corrected chi connectivity index (χ3v) is 4.25. The molecule has 1 heterocycles. The van der Waals surface area contributed by atoms with Crippen LogP contribution in [0.1, 0.15) is 17.2 Å². The number of carbonyl (C=O) groups is 1. The summed E-state index contributed by atoms with van der Waals surface area (Å²) in [5.74, 6) is 0.0905. The molecule has 152 valence electrons. The van der Waals surface area contributed by atoms with Crippen molar-refractivity contribution >= 4 is 5.91 Å². The largest absolute Gasteiger partial charge is 0.496 e. The molecule has 0 spiro atoms. The average molecular weight is 397 g/mol. The number of carbonyl (C=O) groups excluding carboxylic acids is 1. The van der Waals surface area contributed by atoms with E-state index in [0.29, 0.717) is 11.8 Å². The van der Waals surface area contributed by atoms with E-state index in [4.69, 9.17) is 4.74 Å². The summed E-state index contributed by atoms with van der Waals surface area (Å²) in [5.41, 5.74) is -1.70. The van der Waals surface area contributed by atoms with E-state index in [9.17, 15) is 22.8 Å². The lowest BCUT2D eigenvalue weighted by Gasteiger charge is -2.26. The van der Waals surface area contributed by atoms with E-state index in [0.717, 1.165) is 22.4 Å². The molecule has 1 N–H and O–H groups in total. The van der Waals surface area contributed by atoms with Crippen molar-refractivity contribution in [1.29, 1.82) is 0 Å². The van der Waals surface area contributed by atoms with Gasteiger partial charge in [-0.3, -0.25) is 9.59 Å². The number of hydrogen-bond acceptors (Lipinski definition) is 4. The SMILES string of the molecule is COc1ccccc1C(CNC(=O)Cn1cccc(C(F)(F)F)c1=O)N(C)C. The quantitative estimate of drug-likeness (QED) is 0.779. The van der Waals surface area contributed by atoms with Crippen molar-refractivity contribution in [2.75, 3.05) is 27.7 Å². The molecule has 6 nitrogen and oxygen atoms in total. The van der Waals surface area contributed by atoms with E-state index < -0.39 is 29.8 Å². The molecule has 2 aromatic rings. The standard InChI is InChI=1S/C19H22F3N3O3/c1-24(2)15(13-7-4-5-9-16(13)28-3)11-23-17(26)12-25-10-6-8-14(18(25)27)19(20,21)22/h4-10,15H,11-12H2,1-3H3,(H,23,26). The van der Waals surface area contributed by atoms with Crippen LogP contribution in [0.2, 0.25) is 0 Å². The van der Waals surface area contributed by atoms with Crippen molar-refractivity contribution in [2.45, 2.75) is 18.8 Å². The number of alkyl halides is 3. The van der Waals surface area contributed by atoms with Gasteiger partial charge in [-0.05, 0) is 32.3 Å². The highest BCUT2D eigenvalue weighted by atomic mass is 19.4. The molecule has 1 aromatic carbocycles. The molecule has 1 atom stereocenters. The van der Waals surface area contributed by atoms with Crippen molar-refractivity contribution in [3.05, 3.63) is 64.1 Å². The van der Waals surface area contributed by atoms with Crippen LogP contribution in [0.15, 0.2) is 47.4 Å². The number of nitrogens with zero attached hydrogens (tertiary/aromatic N) is 2. The van der Waals surface area contributed by atoms with Gasteiger partial charge < -0.3 is 19.5 Å². The van der Waals surface area contributed by atoms with Crippen LogP contribution >= 0.6 is 0 Å². The van der Waals surface area contributed by atoms with Gasteiger partial charge in [0.1, 0.15) is 17.9 Å². The number of methoxy groups -OCH3 is 1. The molecule has 0 aliphatic carbocycles. The molecule has 0 bridgehead atoms. The van der Waals surface area contributed by atoms with Crippen molar-refractivity contribution < 1.29 is 22.7 Å². The number of amides is 1. The first kappa shape index (κ1) is 21.5. The van der Waals surface area contributed by atoms with Gasteiger partial charge in [-0.2, -0.15) is 13.2 Å². The number of hydrogen-bond donors (Lipinski definition) is 1. The predicted octanol–water partition coefficient (Wildman–Crippen LogP) is 2.29. The summed E-state index contributed by atoms with van der Waals surface area (Å²) in [6.45, 7) is -0.311. The minimum atomic E-state index is -4.77. The predicted molar refractivity (Wildman–Crippen MR) is 98.1 cm³/mol. The van der Waals surface area contributed by atoms with E-state index in [-0.39, 0.29) is 12.6 Å². The highest BCUT2D eigenvalue weighted by Crippen LogP contribution is 2.27. The maximum atomic E-state index is 12.8. The highest BCUT2D eigenvalue weighted by molar-refractivity contribution is 5.75. The van der Waals surface area contributed by atoms with Crippen LogP contribution < -0.4 is 15.6 Å². The van der Waals surface area contributed by atoms with Crippen molar-refractivity contribution in [2.24, 2.45) is 0 Å². The number of likely N-dealkylation sites (N-methyl/N-ethyl adjacent to an activating group) is 1. The first-order valence-electron chi connectivity index (χ1n) is 8.47. The number of benzene rings is 1. The topological polar surface area (TPSA) is 63.6 Å². The van der Waals surface area contributed by atoms with Gasteiger partial charge in [-0.25, -0.2) is 0 Å². The maximum absolute atomic E-state index is 12.8. The normalized spacial score (nSPS) is 12.7. The zero-order valence-electron chi connectivity index (χ0n) is 15.8. The fraction of sp³-hybridized carbons (Fsp3) is 0.368. The fourth-order valence-electron chi connectivity index (χ4n) is 2.81. The molecule has 9 heteroatoms. The van der Waals surface area contributed by atoms with Gasteiger partial charge >= 0.3 is 6.18 Å². The maximum Gasteiger partial charge on any atom is 0.421 e. The number of pyridine rings is 1. The molecular formula is C19H22F3N3O3. The van der Waals surface area contributed by atoms with Crippen LogP contribution in [-0.4, -0.2) is 43.1 Å². The molecule has 1 unspecified atom stereocenters. The summed E-state index contributed by atoms with van der Waals surface area (Å²) in [4.78, 5) is 26.1. The second-order valence-corrected chi connectivity index (χ2v) is 6.38. The molecule has 1 amide bonds. The molecule has 2 rings (SSSR count). The summed E-state index contributed by atoms with van der Waals surface area (Å²) < 4.78 is 44.6. The summed E-state index contributed by atoms with van der Waals surface area (Å²) in [7, 11) is 5.21. The summed E-state index contributed by atoms with van der Waals surface area (Å²) in [6, 6.07) is 8.91. The van der Waals surface area contributed by atoms with Crippen LogP contribution in [0.5, 0.6) is 5.75 Å². The van der Waals surface area contributed by atoms with E-state index in [2.05, 4.69) is 5.32 Å². The molecular weight excluding hydrogens is 375 g/mol. The minimum Gasteiger partial charge on any atom is -0.496 e. The second-order valence-electron chi connectivity index (χ2n) is 6.38. The number of nitrogens with one attached hydrogen (secondary N) is 1. The Kier molecular flexibility index (Phi) is 6.85. The van der Waals surface area contributed by atoms with Crippen LogP contribution in [0, 0.1) is 0 Å².